The van der Waals surface area contributed by atoms with Gasteiger partial charge in [0.25, 0.3) is 5.79 Å². The number of carbonyl (C=O) groups excluding carboxylic acids is 2. The maximum Gasteiger partial charge on any atom is 0.289 e. The van der Waals surface area contributed by atoms with Crippen molar-refractivity contribution in [3.8, 4) is 17.2 Å². The third kappa shape index (κ3) is 13.3. The first-order chi connectivity index (χ1) is 26.8. The Kier molecular flexibility index (Phi) is 21.9. The van der Waals surface area contributed by atoms with E-state index in [1.165, 1.54) is 117 Å². The van der Waals surface area contributed by atoms with Gasteiger partial charge in [0.2, 0.25) is 11.6 Å². The van der Waals surface area contributed by atoms with Crippen LogP contribution in [0.4, 0.5) is 0 Å². The van der Waals surface area contributed by atoms with Gasteiger partial charge in [0, 0.05) is 23.3 Å². The zero-order valence-electron chi connectivity index (χ0n) is 35.2. The number of aromatic hydroxyl groups is 1. The molecule has 0 saturated heterocycles. The number of fused-ring (bicyclic) bond motifs is 3. The van der Waals surface area contributed by atoms with E-state index in [-0.39, 0.29) is 29.4 Å². The second-order valence-electron chi connectivity index (χ2n) is 16.0. The number of rotatable bonds is 32. The molecule has 2 aliphatic rings. The summed E-state index contributed by atoms with van der Waals surface area (Å²) < 4.78 is 17.0. The van der Waals surface area contributed by atoms with Crippen LogP contribution in [0.5, 0.6) is 17.2 Å². The fourth-order valence-corrected chi connectivity index (χ4v) is 8.45. The smallest absolute Gasteiger partial charge is 0.289 e. The number of unbranched alkanes of at least 4 members (excludes halogenated alkanes) is 22. The van der Waals surface area contributed by atoms with Crippen LogP contribution in [0.1, 0.15) is 198 Å². The highest BCUT2D eigenvalue weighted by molar-refractivity contribution is 6.18. The fraction of sp³-hybridized carbons (Fsp3) is 0.708. The van der Waals surface area contributed by atoms with Gasteiger partial charge in [-0.2, -0.15) is 0 Å². The van der Waals surface area contributed by atoms with Crippen LogP contribution >= 0.6 is 0 Å². The van der Waals surface area contributed by atoms with Gasteiger partial charge in [-0.1, -0.05) is 147 Å². The Morgan fingerprint density at radius 1 is 0.636 bits per heavy atom. The van der Waals surface area contributed by atoms with Gasteiger partial charge in [0.15, 0.2) is 17.3 Å². The number of phenols is 1. The van der Waals surface area contributed by atoms with E-state index in [4.69, 9.17) is 14.2 Å². The van der Waals surface area contributed by atoms with Crippen molar-refractivity contribution in [3.05, 3.63) is 53.3 Å². The van der Waals surface area contributed by atoms with E-state index in [0.717, 1.165) is 70.3 Å². The average Bonchev–Trinajstić information content (AvgIpc) is 3.45. The molecule has 0 spiro atoms. The third-order valence-electron chi connectivity index (χ3n) is 11.7. The maximum atomic E-state index is 14.4. The van der Waals surface area contributed by atoms with E-state index in [1.807, 2.05) is 0 Å². The predicted molar refractivity (Wildman–Crippen MR) is 225 cm³/mol. The van der Waals surface area contributed by atoms with Gasteiger partial charge >= 0.3 is 0 Å². The van der Waals surface area contributed by atoms with E-state index in [9.17, 15) is 19.8 Å². The normalized spacial score (nSPS) is 19.3. The molecule has 3 rings (SSSR count). The number of aliphatic hydroxyl groups is 1. The van der Waals surface area contributed by atoms with Crippen molar-refractivity contribution in [3.63, 3.8) is 0 Å². The van der Waals surface area contributed by atoms with Gasteiger partial charge in [0.1, 0.15) is 11.2 Å². The molecule has 0 amide bonds. The highest BCUT2D eigenvalue weighted by Crippen LogP contribution is 2.59. The van der Waals surface area contributed by atoms with Crippen LogP contribution in [0.25, 0.3) is 0 Å². The summed E-state index contributed by atoms with van der Waals surface area (Å²) in [6.45, 7) is 4.49. The number of ketones is 2. The minimum absolute atomic E-state index is 0.0630. The number of allylic oxidation sites excluding steroid dienone is 5. The molecule has 0 unspecified atom stereocenters. The highest BCUT2D eigenvalue weighted by atomic mass is 16.6. The van der Waals surface area contributed by atoms with Gasteiger partial charge in [-0.3, -0.25) is 9.59 Å². The van der Waals surface area contributed by atoms with Crippen molar-refractivity contribution in [1.29, 1.82) is 0 Å². The Morgan fingerprint density at radius 3 is 1.56 bits per heavy atom. The molecule has 7 heteroatoms. The zero-order valence-corrected chi connectivity index (χ0v) is 35.2. The first kappa shape index (κ1) is 46.3. The molecule has 0 fully saturated rings. The number of hydrogen-bond acceptors (Lipinski definition) is 7. The molecular formula is C48H76O7. The highest BCUT2D eigenvalue weighted by Gasteiger charge is 2.71. The van der Waals surface area contributed by atoms with E-state index < -0.39 is 22.8 Å². The summed E-state index contributed by atoms with van der Waals surface area (Å²) in [6.07, 6.45) is 41.0. The Morgan fingerprint density at radius 2 is 1.09 bits per heavy atom. The van der Waals surface area contributed by atoms with Gasteiger partial charge < -0.3 is 24.4 Å². The minimum Gasteiger partial charge on any atom is -0.504 e. The summed E-state index contributed by atoms with van der Waals surface area (Å²) in [5, 5.41) is 23.6. The lowest BCUT2D eigenvalue weighted by Crippen LogP contribution is -2.63. The summed E-state index contributed by atoms with van der Waals surface area (Å²) in [5.41, 5.74) is -0.794. The molecule has 0 aromatic heterocycles. The molecule has 0 saturated carbocycles. The molecule has 55 heavy (non-hydrogen) atoms. The van der Waals surface area contributed by atoms with Crippen LogP contribution in [-0.2, 0) is 26.2 Å². The largest absolute Gasteiger partial charge is 0.504 e. The van der Waals surface area contributed by atoms with Crippen molar-refractivity contribution in [2.45, 2.75) is 205 Å². The van der Waals surface area contributed by atoms with Crippen molar-refractivity contribution in [2.75, 3.05) is 14.2 Å². The predicted octanol–water partition coefficient (Wildman–Crippen LogP) is 12.6. The van der Waals surface area contributed by atoms with E-state index in [0.29, 0.717) is 24.0 Å². The second-order valence-corrected chi connectivity index (χ2v) is 16.0. The van der Waals surface area contributed by atoms with E-state index in [2.05, 4.69) is 38.2 Å². The Balaban J connectivity index is 1.58. The number of benzene rings is 1. The number of phenolic OH excluding ortho intramolecular Hbond substituents is 1. The van der Waals surface area contributed by atoms with E-state index in [1.54, 1.807) is 0 Å². The van der Waals surface area contributed by atoms with Gasteiger partial charge in [0.05, 0.1) is 14.2 Å². The maximum absolute atomic E-state index is 14.4. The number of Topliss-reactive ketones (excluding diaryl/α,β-unsaturated/α-hetero) is 1. The van der Waals surface area contributed by atoms with Crippen molar-refractivity contribution < 1.29 is 34.0 Å². The lowest BCUT2D eigenvalue weighted by atomic mass is 9.62. The Bertz CT molecular complexity index is 1380. The van der Waals surface area contributed by atoms with Gasteiger partial charge in [-0.25, -0.2) is 0 Å². The molecule has 1 aliphatic carbocycles. The summed E-state index contributed by atoms with van der Waals surface area (Å²) in [7, 11) is 2.84. The quantitative estimate of drug-likeness (QED) is 0.0556. The molecule has 310 valence electrons. The monoisotopic (exact) mass is 765 g/mol. The molecule has 1 aromatic rings. The molecule has 1 aromatic carbocycles. The number of carbonyl (C=O) groups is 2. The molecule has 1 aliphatic heterocycles. The first-order valence-corrected chi connectivity index (χ1v) is 22.3. The van der Waals surface area contributed by atoms with Gasteiger partial charge in [-0.05, 0) is 70.6 Å². The van der Waals surface area contributed by atoms with Crippen LogP contribution in [0, 0.1) is 0 Å². The molecule has 0 radical (unpaired) electrons. The number of hydrogen-bond donors (Lipinski definition) is 2. The standard InChI is InChI=1S/C48H76O7/c1-5-7-9-11-13-15-17-19-21-23-25-27-29-31-33-35-39-44-40(37-41(53-3)45(39)50)55-48(52)43(49)38-42(54-4)46(51)47(44,48)36-34-32-30-28-26-24-22-20-18-16-14-12-10-8-6-2/h15-18,37-38,50,52H,5-14,19-36H2,1-4H3/t47-,48+/m0/s1. The number of ether oxygens (including phenoxy) is 3. The molecule has 7 nitrogen and oxygen atoms in total. The molecular weight excluding hydrogens is 689 g/mol. The third-order valence-corrected chi connectivity index (χ3v) is 11.7. The second kappa shape index (κ2) is 26.0. The lowest BCUT2D eigenvalue weighted by molar-refractivity contribution is -0.190. The summed E-state index contributed by atoms with van der Waals surface area (Å²) >= 11 is 0. The van der Waals surface area contributed by atoms with Crippen molar-refractivity contribution in [1.82, 2.24) is 0 Å². The van der Waals surface area contributed by atoms with Crippen molar-refractivity contribution >= 4 is 11.6 Å². The molecule has 0 bridgehead atoms. The van der Waals surface area contributed by atoms with Crippen molar-refractivity contribution in [2.24, 2.45) is 0 Å². The SMILES string of the molecule is CCCCCCC=CCCCCCCCCCc1c(O)c(OC)cc2c1[C@@]1(CCCCCCCCCC=CCCCCCC)C(=O)C(OC)=CC(=O)[C@@]1(O)O2. The average molecular weight is 765 g/mol. The van der Waals surface area contributed by atoms with Crippen LogP contribution in [0.15, 0.2) is 42.2 Å². The zero-order chi connectivity index (χ0) is 39.8. The first-order valence-electron chi connectivity index (χ1n) is 22.3. The fourth-order valence-electron chi connectivity index (χ4n) is 8.45. The summed E-state index contributed by atoms with van der Waals surface area (Å²) in [6, 6.07) is 1.50. The van der Waals surface area contributed by atoms with Crippen LogP contribution in [-0.4, -0.2) is 41.8 Å². The molecule has 2 N–H and O–H groups in total. The molecule has 1 heterocycles. The Labute approximate surface area is 334 Å². The molecule has 2 atom stereocenters. The minimum atomic E-state index is -2.42. The van der Waals surface area contributed by atoms with Crippen LogP contribution in [0.2, 0.25) is 0 Å². The summed E-state index contributed by atoms with van der Waals surface area (Å²) in [5.74, 6) is -3.37. The van der Waals surface area contributed by atoms with Crippen LogP contribution in [0.3, 0.4) is 0 Å². The number of methoxy groups -OCH3 is 2. The van der Waals surface area contributed by atoms with Crippen LogP contribution < -0.4 is 9.47 Å². The van der Waals surface area contributed by atoms with Gasteiger partial charge in [-0.15, -0.1) is 0 Å². The Hall–Kier alpha value is -3.06. The van der Waals surface area contributed by atoms with E-state index >= 15 is 0 Å². The lowest BCUT2D eigenvalue weighted by Gasteiger charge is -2.41. The summed E-state index contributed by atoms with van der Waals surface area (Å²) in [4.78, 5) is 28.0. The topological polar surface area (TPSA) is 102 Å².